The number of cyclic esters (lactones) is 1. The minimum absolute atomic E-state index is 0.188. The molecule has 2 rings (SSSR count). The third-order valence-corrected chi connectivity index (χ3v) is 3.02. The lowest BCUT2D eigenvalue weighted by Gasteiger charge is -2.07. The van der Waals surface area contributed by atoms with Crippen molar-refractivity contribution in [2.24, 2.45) is 0 Å². The van der Waals surface area contributed by atoms with Crippen LogP contribution in [0.5, 0.6) is 0 Å². The van der Waals surface area contributed by atoms with Crippen molar-refractivity contribution in [2.45, 2.75) is 17.6 Å². The van der Waals surface area contributed by atoms with Crippen LogP contribution in [0, 0.1) is 0 Å². The predicted octanol–water partition coefficient (Wildman–Crippen LogP) is 0.000400. The summed E-state index contributed by atoms with van der Waals surface area (Å²) < 4.78 is 4.74. The van der Waals surface area contributed by atoms with E-state index in [0.29, 0.717) is 18.2 Å². The summed E-state index contributed by atoms with van der Waals surface area (Å²) in [6.45, 7) is 0.374. The van der Waals surface area contributed by atoms with Gasteiger partial charge >= 0.3 is 5.97 Å². The summed E-state index contributed by atoms with van der Waals surface area (Å²) in [6.07, 6.45) is 3.76. The van der Waals surface area contributed by atoms with Gasteiger partial charge < -0.3 is 10.1 Å². The summed E-state index contributed by atoms with van der Waals surface area (Å²) in [5, 5.41) is 3.15. The normalized spacial score (nSPS) is 18.8. The number of ether oxygens (including phenoxy) is 1. The Morgan fingerprint density at radius 3 is 2.94 bits per heavy atom. The first-order valence-electron chi connectivity index (χ1n) is 5.11. The molecule has 0 aromatic carbocycles. The van der Waals surface area contributed by atoms with Crippen LogP contribution in [0.25, 0.3) is 0 Å². The SMILES string of the molecule is O=C(CSc1ncccn1)NC1CCOC1=O. The zero-order valence-corrected chi connectivity index (χ0v) is 9.77. The van der Waals surface area contributed by atoms with E-state index < -0.39 is 6.04 Å². The number of rotatable bonds is 4. The van der Waals surface area contributed by atoms with Crippen LogP contribution in [0.15, 0.2) is 23.6 Å². The van der Waals surface area contributed by atoms with Gasteiger partial charge in [0.2, 0.25) is 5.91 Å². The molecule has 2 heterocycles. The number of carbonyl (C=O) groups excluding carboxylic acids is 2. The summed E-state index contributed by atoms with van der Waals surface area (Å²) in [6, 6.07) is 1.21. The van der Waals surface area contributed by atoms with Crippen LogP contribution in [-0.2, 0) is 14.3 Å². The number of hydrogen-bond donors (Lipinski definition) is 1. The Balaban J connectivity index is 1.76. The van der Waals surface area contributed by atoms with Crippen molar-refractivity contribution < 1.29 is 14.3 Å². The molecular weight excluding hydrogens is 242 g/mol. The van der Waals surface area contributed by atoms with Gasteiger partial charge in [0.05, 0.1) is 12.4 Å². The number of amides is 1. The Labute approximate surface area is 102 Å². The summed E-state index contributed by atoms with van der Waals surface area (Å²) >= 11 is 1.23. The Kier molecular flexibility index (Phi) is 3.92. The standard InChI is InChI=1S/C10H11N3O3S/c14-8(13-7-2-5-16-9(7)15)6-17-10-11-3-1-4-12-10/h1,3-4,7H,2,5-6H2,(H,13,14). The molecule has 17 heavy (non-hydrogen) atoms. The van der Waals surface area contributed by atoms with E-state index in [2.05, 4.69) is 15.3 Å². The third-order valence-electron chi connectivity index (χ3n) is 2.15. The first kappa shape index (κ1) is 11.8. The van der Waals surface area contributed by atoms with Gasteiger partial charge in [0.25, 0.3) is 0 Å². The summed E-state index contributed by atoms with van der Waals surface area (Å²) in [5.41, 5.74) is 0. The fraction of sp³-hybridized carbons (Fsp3) is 0.400. The molecule has 1 N–H and O–H groups in total. The van der Waals surface area contributed by atoms with Crippen LogP contribution in [0.3, 0.4) is 0 Å². The van der Waals surface area contributed by atoms with E-state index in [0.717, 1.165) is 0 Å². The average Bonchev–Trinajstić information content (AvgIpc) is 2.74. The maximum Gasteiger partial charge on any atom is 0.328 e. The molecule has 0 radical (unpaired) electrons. The van der Waals surface area contributed by atoms with E-state index in [9.17, 15) is 9.59 Å². The number of thioether (sulfide) groups is 1. The molecule has 0 bridgehead atoms. The third kappa shape index (κ3) is 3.42. The molecule has 1 aromatic rings. The van der Waals surface area contributed by atoms with Gasteiger partial charge in [-0.1, -0.05) is 11.8 Å². The van der Waals surface area contributed by atoms with Crippen LogP contribution in [0.4, 0.5) is 0 Å². The van der Waals surface area contributed by atoms with Gasteiger partial charge in [0.15, 0.2) is 5.16 Å². The summed E-state index contributed by atoms with van der Waals surface area (Å²) in [7, 11) is 0. The Morgan fingerprint density at radius 2 is 2.29 bits per heavy atom. The highest BCUT2D eigenvalue weighted by atomic mass is 32.2. The fourth-order valence-electron chi connectivity index (χ4n) is 1.35. The lowest BCUT2D eigenvalue weighted by molar-refractivity contribution is -0.141. The van der Waals surface area contributed by atoms with Crippen molar-refractivity contribution in [1.29, 1.82) is 0 Å². The summed E-state index contributed by atoms with van der Waals surface area (Å²) in [4.78, 5) is 30.6. The van der Waals surface area contributed by atoms with Gasteiger partial charge in [0.1, 0.15) is 6.04 Å². The van der Waals surface area contributed by atoms with Gasteiger partial charge in [-0.2, -0.15) is 0 Å². The Hall–Kier alpha value is -1.63. The lowest BCUT2D eigenvalue weighted by atomic mass is 10.2. The number of nitrogens with one attached hydrogen (secondary N) is 1. The number of hydrogen-bond acceptors (Lipinski definition) is 6. The van der Waals surface area contributed by atoms with E-state index >= 15 is 0 Å². The number of esters is 1. The molecule has 1 aliphatic heterocycles. The van der Waals surface area contributed by atoms with Crippen molar-refractivity contribution in [1.82, 2.24) is 15.3 Å². The predicted molar refractivity (Wildman–Crippen MR) is 60.3 cm³/mol. The molecule has 7 heteroatoms. The number of carbonyl (C=O) groups is 2. The molecule has 6 nitrogen and oxygen atoms in total. The molecule has 1 unspecified atom stereocenters. The maximum absolute atomic E-state index is 11.5. The number of aromatic nitrogens is 2. The minimum atomic E-state index is -0.500. The van der Waals surface area contributed by atoms with Gasteiger partial charge in [-0.3, -0.25) is 4.79 Å². The zero-order chi connectivity index (χ0) is 12.1. The molecule has 1 fully saturated rings. The van der Waals surface area contributed by atoms with Crippen molar-refractivity contribution >= 4 is 23.6 Å². The van der Waals surface area contributed by atoms with E-state index in [4.69, 9.17) is 4.74 Å². The Bertz CT molecular complexity index is 413. The molecule has 0 spiro atoms. The molecule has 1 amide bonds. The second kappa shape index (κ2) is 5.62. The molecular formula is C10H11N3O3S. The molecule has 90 valence electrons. The van der Waals surface area contributed by atoms with Crippen molar-refractivity contribution in [3.05, 3.63) is 18.5 Å². The quantitative estimate of drug-likeness (QED) is 0.462. The number of nitrogens with zero attached hydrogens (tertiary/aromatic N) is 2. The molecule has 0 saturated carbocycles. The Morgan fingerprint density at radius 1 is 1.53 bits per heavy atom. The van der Waals surface area contributed by atoms with E-state index in [1.54, 1.807) is 18.5 Å². The molecule has 1 atom stereocenters. The topological polar surface area (TPSA) is 81.2 Å². The van der Waals surface area contributed by atoms with Gasteiger partial charge in [-0.25, -0.2) is 14.8 Å². The highest BCUT2D eigenvalue weighted by Gasteiger charge is 2.27. The van der Waals surface area contributed by atoms with Crippen molar-refractivity contribution in [3.8, 4) is 0 Å². The first-order valence-corrected chi connectivity index (χ1v) is 6.10. The van der Waals surface area contributed by atoms with Crippen LogP contribution >= 0.6 is 11.8 Å². The van der Waals surface area contributed by atoms with Crippen molar-refractivity contribution in [3.63, 3.8) is 0 Å². The minimum Gasteiger partial charge on any atom is -0.464 e. The van der Waals surface area contributed by atoms with Crippen LogP contribution in [0.1, 0.15) is 6.42 Å². The fourth-order valence-corrected chi connectivity index (χ4v) is 1.97. The average molecular weight is 253 g/mol. The van der Waals surface area contributed by atoms with Crippen molar-refractivity contribution in [2.75, 3.05) is 12.4 Å². The smallest absolute Gasteiger partial charge is 0.328 e. The molecule has 1 aliphatic rings. The van der Waals surface area contributed by atoms with E-state index in [1.807, 2.05) is 0 Å². The van der Waals surface area contributed by atoms with Gasteiger partial charge in [-0.15, -0.1) is 0 Å². The largest absolute Gasteiger partial charge is 0.464 e. The molecule has 1 saturated heterocycles. The molecule has 1 aromatic heterocycles. The second-order valence-electron chi connectivity index (χ2n) is 3.40. The maximum atomic E-state index is 11.5. The monoisotopic (exact) mass is 253 g/mol. The molecule has 0 aliphatic carbocycles. The van der Waals surface area contributed by atoms with Gasteiger partial charge in [0, 0.05) is 18.8 Å². The van der Waals surface area contributed by atoms with E-state index in [1.165, 1.54) is 11.8 Å². The van der Waals surface area contributed by atoms with Crippen LogP contribution in [0.2, 0.25) is 0 Å². The lowest BCUT2D eigenvalue weighted by Crippen LogP contribution is -2.38. The zero-order valence-electron chi connectivity index (χ0n) is 8.96. The van der Waals surface area contributed by atoms with Gasteiger partial charge in [-0.05, 0) is 6.07 Å². The highest BCUT2D eigenvalue weighted by Crippen LogP contribution is 2.11. The van der Waals surface area contributed by atoms with E-state index in [-0.39, 0.29) is 17.6 Å². The van der Waals surface area contributed by atoms with Crippen LogP contribution < -0.4 is 5.32 Å². The van der Waals surface area contributed by atoms with Crippen LogP contribution in [-0.4, -0.2) is 40.2 Å². The summed E-state index contributed by atoms with van der Waals surface area (Å²) in [5.74, 6) is -0.390. The first-order chi connectivity index (χ1) is 8.25. The second-order valence-corrected chi connectivity index (χ2v) is 4.34. The highest BCUT2D eigenvalue weighted by molar-refractivity contribution is 7.99.